The van der Waals surface area contributed by atoms with Gasteiger partial charge in [0, 0.05) is 13.1 Å². The molecule has 0 aromatic heterocycles. The first-order chi connectivity index (χ1) is 8.60. The van der Waals surface area contributed by atoms with E-state index in [1.54, 1.807) is 12.1 Å². The lowest BCUT2D eigenvalue weighted by Gasteiger charge is -2.26. The number of sulfonamides is 1. The Hall–Kier alpha value is -0.910. The van der Waals surface area contributed by atoms with E-state index in [1.165, 1.54) is 4.31 Å². The quantitative estimate of drug-likeness (QED) is 0.827. The molecule has 0 bridgehead atoms. The molecule has 1 aromatic carbocycles. The standard InChI is InChI=1S/C11H15NO3S.C2H6/c1-10-2-4-11(5-3-10)16(13,14)12-6-8-15-9-7-12;1-2/h2-5H,6-9H2,1H3;1-2H3. The van der Waals surface area contributed by atoms with Gasteiger partial charge < -0.3 is 4.74 Å². The van der Waals surface area contributed by atoms with Crippen LogP contribution in [0.5, 0.6) is 0 Å². The number of nitrogens with zero attached hydrogens (tertiary/aromatic N) is 1. The molecule has 1 heterocycles. The highest BCUT2D eigenvalue weighted by atomic mass is 32.2. The molecule has 0 aliphatic carbocycles. The number of rotatable bonds is 2. The second-order valence-corrected chi connectivity index (χ2v) is 5.77. The highest BCUT2D eigenvalue weighted by Crippen LogP contribution is 2.17. The third-order valence-electron chi connectivity index (χ3n) is 2.63. The summed E-state index contributed by atoms with van der Waals surface area (Å²) in [5.41, 5.74) is 1.06. The summed E-state index contributed by atoms with van der Waals surface area (Å²) in [7, 11) is -3.33. The van der Waals surface area contributed by atoms with Crippen LogP contribution in [0.3, 0.4) is 0 Å². The SMILES string of the molecule is CC.Cc1ccc(S(=O)(=O)N2CCOCC2)cc1. The smallest absolute Gasteiger partial charge is 0.243 e. The van der Waals surface area contributed by atoms with E-state index in [1.807, 2.05) is 32.9 Å². The van der Waals surface area contributed by atoms with Crippen molar-refractivity contribution in [3.05, 3.63) is 29.8 Å². The second-order valence-electron chi connectivity index (χ2n) is 3.83. The van der Waals surface area contributed by atoms with Crippen LogP contribution in [0, 0.1) is 6.92 Å². The Morgan fingerprint density at radius 3 is 2.06 bits per heavy atom. The molecule has 0 spiro atoms. The molecule has 18 heavy (non-hydrogen) atoms. The molecule has 4 nitrogen and oxygen atoms in total. The van der Waals surface area contributed by atoms with Crippen molar-refractivity contribution in [1.82, 2.24) is 4.31 Å². The van der Waals surface area contributed by atoms with E-state index in [9.17, 15) is 8.42 Å². The summed E-state index contributed by atoms with van der Waals surface area (Å²) in [6.45, 7) is 7.77. The number of aryl methyl sites for hydroxylation is 1. The zero-order chi connectivity index (χ0) is 13.6. The van der Waals surface area contributed by atoms with Crippen molar-refractivity contribution < 1.29 is 13.2 Å². The fraction of sp³-hybridized carbons (Fsp3) is 0.538. The molecule has 1 aliphatic heterocycles. The Morgan fingerprint density at radius 2 is 1.56 bits per heavy atom. The number of benzene rings is 1. The lowest BCUT2D eigenvalue weighted by atomic mass is 10.2. The number of hydrogen-bond acceptors (Lipinski definition) is 3. The van der Waals surface area contributed by atoms with Gasteiger partial charge in [-0.3, -0.25) is 0 Å². The first-order valence-electron chi connectivity index (χ1n) is 6.25. The molecule has 1 aliphatic rings. The molecule has 2 rings (SSSR count). The maximum absolute atomic E-state index is 12.2. The predicted octanol–water partition coefficient (Wildman–Crippen LogP) is 2.04. The fourth-order valence-electron chi connectivity index (χ4n) is 1.65. The van der Waals surface area contributed by atoms with Gasteiger partial charge in [0.15, 0.2) is 0 Å². The van der Waals surface area contributed by atoms with E-state index in [0.29, 0.717) is 31.2 Å². The molecule has 0 saturated carbocycles. The largest absolute Gasteiger partial charge is 0.379 e. The van der Waals surface area contributed by atoms with E-state index in [-0.39, 0.29) is 0 Å². The van der Waals surface area contributed by atoms with Gasteiger partial charge in [0.1, 0.15) is 0 Å². The molecule has 1 saturated heterocycles. The monoisotopic (exact) mass is 271 g/mol. The second kappa shape index (κ2) is 6.87. The van der Waals surface area contributed by atoms with E-state index >= 15 is 0 Å². The van der Waals surface area contributed by atoms with Crippen LogP contribution in [0.15, 0.2) is 29.2 Å². The van der Waals surface area contributed by atoms with Gasteiger partial charge in [-0.1, -0.05) is 31.5 Å². The minimum absolute atomic E-state index is 0.361. The van der Waals surface area contributed by atoms with Crippen LogP contribution in [0.1, 0.15) is 19.4 Å². The molecule has 0 N–H and O–H groups in total. The van der Waals surface area contributed by atoms with Gasteiger partial charge in [-0.15, -0.1) is 0 Å². The lowest BCUT2D eigenvalue weighted by molar-refractivity contribution is 0.0730. The average molecular weight is 271 g/mol. The zero-order valence-electron chi connectivity index (χ0n) is 11.2. The third-order valence-corrected chi connectivity index (χ3v) is 4.54. The lowest BCUT2D eigenvalue weighted by Crippen LogP contribution is -2.40. The maximum atomic E-state index is 12.2. The van der Waals surface area contributed by atoms with Crippen molar-refractivity contribution in [1.29, 1.82) is 0 Å². The molecule has 102 valence electrons. The summed E-state index contributed by atoms with van der Waals surface area (Å²) >= 11 is 0. The Kier molecular flexibility index (Phi) is 5.78. The normalized spacial score (nSPS) is 16.8. The van der Waals surface area contributed by atoms with Gasteiger partial charge in [-0.25, -0.2) is 8.42 Å². The third kappa shape index (κ3) is 3.54. The summed E-state index contributed by atoms with van der Waals surface area (Å²) in [6.07, 6.45) is 0. The van der Waals surface area contributed by atoms with Crippen molar-refractivity contribution >= 4 is 10.0 Å². The van der Waals surface area contributed by atoms with Gasteiger partial charge in [-0.05, 0) is 19.1 Å². The van der Waals surface area contributed by atoms with E-state index < -0.39 is 10.0 Å². The Balaban J connectivity index is 0.000000771. The molecule has 5 heteroatoms. The summed E-state index contributed by atoms with van der Waals surface area (Å²) in [6, 6.07) is 6.93. The van der Waals surface area contributed by atoms with Gasteiger partial charge >= 0.3 is 0 Å². The summed E-state index contributed by atoms with van der Waals surface area (Å²) in [5.74, 6) is 0. The Bertz CT molecular complexity index is 448. The molecular formula is C13H21NO3S. The van der Waals surface area contributed by atoms with Crippen molar-refractivity contribution in [2.45, 2.75) is 25.7 Å². The number of hydrogen-bond donors (Lipinski definition) is 0. The minimum atomic E-state index is -3.33. The summed E-state index contributed by atoms with van der Waals surface area (Å²) in [5, 5.41) is 0. The summed E-state index contributed by atoms with van der Waals surface area (Å²) < 4.78 is 31.0. The van der Waals surface area contributed by atoms with Crippen LogP contribution in [-0.2, 0) is 14.8 Å². The van der Waals surface area contributed by atoms with Crippen molar-refractivity contribution in [2.24, 2.45) is 0 Å². The van der Waals surface area contributed by atoms with Crippen LogP contribution >= 0.6 is 0 Å². The molecule has 1 fully saturated rings. The Labute approximate surface area is 110 Å². The molecule has 0 amide bonds. The molecule has 1 aromatic rings. The number of morpholine rings is 1. The summed E-state index contributed by atoms with van der Waals surface area (Å²) in [4.78, 5) is 0.361. The van der Waals surface area contributed by atoms with Gasteiger partial charge in [0.05, 0.1) is 18.1 Å². The van der Waals surface area contributed by atoms with E-state index in [0.717, 1.165) is 5.56 Å². The molecule has 0 radical (unpaired) electrons. The van der Waals surface area contributed by atoms with Crippen molar-refractivity contribution in [3.8, 4) is 0 Å². The Morgan fingerprint density at radius 1 is 1.06 bits per heavy atom. The van der Waals surface area contributed by atoms with Crippen LogP contribution in [-0.4, -0.2) is 39.0 Å². The van der Waals surface area contributed by atoms with E-state index in [2.05, 4.69) is 0 Å². The zero-order valence-corrected chi connectivity index (χ0v) is 12.0. The number of ether oxygens (including phenoxy) is 1. The van der Waals surface area contributed by atoms with Gasteiger partial charge in [0.2, 0.25) is 10.0 Å². The van der Waals surface area contributed by atoms with Crippen molar-refractivity contribution in [2.75, 3.05) is 26.3 Å². The van der Waals surface area contributed by atoms with Gasteiger partial charge in [-0.2, -0.15) is 4.31 Å². The maximum Gasteiger partial charge on any atom is 0.243 e. The van der Waals surface area contributed by atoms with Crippen LogP contribution in [0.2, 0.25) is 0 Å². The van der Waals surface area contributed by atoms with Crippen molar-refractivity contribution in [3.63, 3.8) is 0 Å². The minimum Gasteiger partial charge on any atom is -0.379 e. The topological polar surface area (TPSA) is 46.6 Å². The predicted molar refractivity (Wildman–Crippen MR) is 72.1 cm³/mol. The van der Waals surface area contributed by atoms with E-state index in [4.69, 9.17) is 4.74 Å². The highest BCUT2D eigenvalue weighted by Gasteiger charge is 2.25. The first kappa shape index (κ1) is 15.1. The van der Waals surface area contributed by atoms with Crippen LogP contribution in [0.4, 0.5) is 0 Å². The highest BCUT2D eigenvalue weighted by molar-refractivity contribution is 7.89. The van der Waals surface area contributed by atoms with Gasteiger partial charge in [0.25, 0.3) is 0 Å². The fourth-order valence-corrected chi connectivity index (χ4v) is 3.05. The average Bonchev–Trinajstić information content (AvgIpc) is 2.42. The molecule has 0 unspecified atom stereocenters. The van der Waals surface area contributed by atoms with Crippen LogP contribution < -0.4 is 0 Å². The first-order valence-corrected chi connectivity index (χ1v) is 7.69. The van der Waals surface area contributed by atoms with Crippen LogP contribution in [0.25, 0.3) is 0 Å². The molecular weight excluding hydrogens is 250 g/mol. The molecule has 0 atom stereocenters.